The minimum absolute atomic E-state index is 0.261. The number of nitrogens with zero attached hydrogens (tertiary/aromatic N) is 1. The highest BCUT2D eigenvalue weighted by Gasteiger charge is 2.63. The fourth-order valence-corrected chi connectivity index (χ4v) is 7.58. The van der Waals surface area contributed by atoms with Crippen molar-refractivity contribution in [2.45, 2.75) is 51.0 Å². The predicted molar refractivity (Wildman–Crippen MR) is 162 cm³/mol. The van der Waals surface area contributed by atoms with Gasteiger partial charge < -0.3 is 10.1 Å². The second kappa shape index (κ2) is 11.3. The van der Waals surface area contributed by atoms with E-state index in [0.717, 1.165) is 39.1 Å². The molecule has 9 heteroatoms. The highest BCUT2D eigenvalue weighted by molar-refractivity contribution is 9.10. The fourth-order valence-electron chi connectivity index (χ4n) is 6.96. The van der Waals surface area contributed by atoms with Gasteiger partial charge in [-0.3, -0.25) is 19.3 Å². The van der Waals surface area contributed by atoms with Crippen LogP contribution in [0, 0.1) is 18.8 Å². The normalized spacial score (nSPS) is 22.3. The highest BCUT2D eigenvalue weighted by atomic mass is 79.9. The number of aryl methyl sites for hydroxylation is 1. The summed E-state index contributed by atoms with van der Waals surface area (Å²) in [6, 6.07) is 18.3. The molecule has 1 fully saturated rings. The molecule has 0 aromatic heterocycles. The Hall–Kier alpha value is -3.49. The van der Waals surface area contributed by atoms with E-state index in [1.54, 1.807) is 12.1 Å². The molecule has 0 unspecified atom stereocenters. The number of ether oxygens (including phenoxy) is 1. The smallest absolute Gasteiger partial charge is 0.329 e. The van der Waals surface area contributed by atoms with Crippen molar-refractivity contribution in [2.24, 2.45) is 11.8 Å². The Labute approximate surface area is 257 Å². The number of likely N-dealkylation sites (tertiary alicyclic amines) is 1. The number of hydrogen-bond donors (Lipinski definition) is 1. The molecule has 4 aliphatic rings. The molecule has 1 aliphatic heterocycles. The number of hydrogen-bond acceptors (Lipinski definition) is 5. The molecule has 1 heterocycles. The van der Waals surface area contributed by atoms with E-state index in [4.69, 9.17) is 16.3 Å². The summed E-state index contributed by atoms with van der Waals surface area (Å²) >= 11 is 9.52. The third-order valence-electron chi connectivity index (χ3n) is 8.78. The van der Waals surface area contributed by atoms with Crippen molar-refractivity contribution < 1.29 is 23.9 Å². The molecule has 2 bridgehead atoms. The van der Waals surface area contributed by atoms with Crippen LogP contribution in [0.4, 0.5) is 5.69 Å². The molecule has 7 nitrogen and oxygen atoms in total. The van der Waals surface area contributed by atoms with Crippen LogP contribution >= 0.6 is 27.5 Å². The van der Waals surface area contributed by atoms with Crippen molar-refractivity contribution >= 4 is 56.9 Å². The molecule has 0 spiro atoms. The van der Waals surface area contributed by atoms with Gasteiger partial charge in [0.2, 0.25) is 11.8 Å². The molecule has 216 valence electrons. The van der Waals surface area contributed by atoms with Gasteiger partial charge in [-0.05, 0) is 69.2 Å². The van der Waals surface area contributed by atoms with E-state index >= 15 is 0 Å². The van der Waals surface area contributed by atoms with Gasteiger partial charge in [0, 0.05) is 22.0 Å². The molecule has 3 amide bonds. The number of imide groups is 1. The van der Waals surface area contributed by atoms with Crippen molar-refractivity contribution in [1.82, 2.24) is 4.90 Å². The number of nitrogens with one attached hydrogen (secondary N) is 1. The third kappa shape index (κ3) is 4.65. The maximum absolute atomic E-state index is 14.1. The first-order chi connectivity index (χ1) is 20.2. The molecule has 3 aromatic rings. The molecule has 42 heavy (non-hydrogen) atoms. The predicted octanol–water partition coefficient (Wildman–Crippen LogP) is 6.34. The highest BCUT2D eigenvalue weighted by Crippen LogP contribution is 2.61. The summed E-state index contributed by atoms with van der Waals surface area (Å²) in [5.41, 5.74) is 5.54. The number of esters is 1. The number of halogens is 2. The molecular formula is C33H30BrClN2O5. The van der Waals surface area contributed by atoms with E-state index in [-0.39, 0.29) is 30.1 Å². The number of unbranched alkanes of at least 4 members (excludes halogenated alkanes) is 1. The monoisotopic (exact) mass is 648 g/mol. The zero-order valence-corrected chi connectivity index (χ0v) is 25.6. The van der Waals surface area contributed by atoms with Crippen LogP contribution in [0.3, 0.4) is 0 Å². The number of carbonyl (C=O) groups is 4. The number of rotatable bonds is 8. The molecule has 7 rings (SSSR count). The van der Waals surface area contributed by atoms with Crippen LogP contribution in [0.2, 0.25) is 5.02 Å². The van der Waals surface area contributed by atoms with Gasteiger partial charge in [-0.1, -0.05) is 79.9 Å². The van der Waals surface area contributed by atoms with Gasteiger partial charge in [0.1, 0.15) is 6.04 Å². The van der Waals surface area contributed by atoms with Crippen LogP contribution in [0.15, 0.2) is 65.1 Å². The summed E-state index contributed by atoms with van der Waals surface area (Å²) < 4.78 is 6.14. The Morgan fingerprint density at radius 3 is 1.98 bits per heavy atom. The number of amides is 3. The lowest BCUT2D eigenvalue weighted by molar-refractivity contribution is -0.160. The van der Waals surface area contributed by atoms with Crippen LogP contribution in [0.5, 0.6) is 0 Å². The number of benzene rings is 3. The first-order valence-electron chi connectivity index (χ1n) is 14.2. The molecule has 0 saturated carbocycles. The van der Waals surface area contributed by atoms with Crippen LogP contribution in [0.1, 0.15) is 65.8 Å². The molecule has 3 aromatic carbocycles. The Balaban J connectivity index is 1.25. The average Bonchev–Trinajstić information content (AvgIpc) is 3.25. The molecule has 3 aliphatic carbocycles. The minimum atomic E-state index is -1.10. The summed E-state index contributed by atoms with van der Waals surface area (Å²) in [7, 11) is 0. The van der Waals surface area contributed by atoms with Crippen molar-refractivity contribution in [2.75, 3.05) is 11.9 Å². The third-order valence-corrected chi connectivity index (χ3v) is 9.98. The quantitative estimate of drug-likeness (QED) is 0.227. The summed E-state index contributed by atoms with van der Waals surface area (Å²) in [6.45, 7) is 3.24. The van der Waals surface area contributed by atoms with Crippen LogP contribution in [-0.4, -0.2) is 41.2 Å². The van der Waals surface area contributed by atoms with E-state index < -0.39 is 36.4 Å². The number of anilines is 1. The zero-order chi connectivity index (χ0) is 29.7. The van der Waals surface area contributed by atoms with Gasteiger partial charge in [0.15, 0.2) is 6.61 Å². The first-order valence-corrected chi connectivity index (χ1v) is 15.4. The van der Waals surface area contributed by atoms with Gasteiger partial charge in [-0.2, -0.15) is 0 Å². The number of carbonyl (C=O) groups excluding carboxylic acids is 4. The maximum atomic E-state index is 14.1. The summed E-state index contributed by atoms with van der Waals surface area (Å²) in [5, 5.41) is 3.14. The van der Waals surface area contributed by atoms with Gasteiger partial charge >= 0.3 is 5.97 Å². The molecule has 1 saturated heterocycles. The van der Waals surface area contributed by atoms with Gasteiger partial charge in [0.25, 0.3) is 5.91 Å². The second-order valence-corrected chi connectivity index (χ2v) is 12.5. The Morgan fingerprint density at radius 1 is 0.952 bits per heavy atom. The van der Waals surface area contributed by atoms with Crippen LogP contribution < -0.4 is 5.32 Å². The largest absolute Gasteiger partial charge is 0.454 e. The molecule has 0 radical (unpaired) electrons. The standard InChI is InChI=1S/C33H30BrClN2O5/c1-3-4-13-25(33(41)42-16-26(38)36-24-15-23(35)22(34)14-17(24)2)37-31(39)29-27-18-9-5-6-10-19(18)28(30(29)32(37)40)21-12-8-7-11-20(21)27/h5-12,14-15,25,27-30H,3-4,13,16H2,1-2H3,(H,36,38)/t25-,27?,28?,29-,30+/m0/s1. The van der Waals surface area contributed by atoms with E-state index in [9.17, 15) is 19.2 Å². The van der Waals surface area contributed by atoms with Gasteiger partial charge in [0.05, 0.1) is 16.9 Å². The Bertz CT molecular complexity index is 1510. The molecule has 1 N–H and O–H groups in total. The summed E-state index contributed by atoms with van der Waals surface area (Å²) in [6.07, 6.45) is 1.64. The van der Waals surface area contributed by atoms with E-state index in [1.165, 1.54) is 0 Å². The lowest BCUT2D eigenvalue weighted by atomic mass is 9.55. The van der Waals surface area contributed by atoms with E-state index in [1.807, 2.05) is 62.4 Å². The van der Waals surface area contributed by atoms with Crippen LogP contribution in [-0.2, 0) is 23.9 Å². The summed E-state index contributed by atoms with van der Waals surface area (Å²) in [4.78, 5) is 55.7. The average molecular weight is 650 g/mol. The first kappa shape index (κ1) is 28.6. The molecule has 3 atom stereocenters. The Morgan fingerprint density at radius 2 is 1.48 bits per heavy atom. The Kier molecular flexibility index (Phi) is 7.70. The fraction of sp³-hybridized carbons (Fsp3) is 0.333. The molecular weight excluding hydrogens is 620 g/mol. The SMILES string of the molecule is CCCC[C@@H](C(=O)OCC(=O)Nc1cc(Cl)c(Br)cc1C)N1C(=O)[C@@H]2C3c4ccccc4C(c4ccccc43)[C@@H]2C1=O. The summed E-state index contributed by atoms with van der Waals surface area (Å²) in [5.74, 6) is -3.68. The van der Waals surface area contributed by atoms with E-state index in [0.29, 0.717) is 21.6 Å². The van der Waals surface area contributed by atoms with Gasteiger partial charge in [-0.25, -0.2) is 4.79 Å². The van der Waals surface area contributed by atoms with Crippen molar-refractivity contribution in [1.29, 1.82) is 0 Å². The topological polar surface area (TPSA) is 92.8 Å². The minimum Gasteiger partial charge on any atom is -0.454 e. The van der Waals surface area contributed by atoms with Crippen molar-refractivity contribution in [3.63, 3.8) is 0 Å². The van der Waals surface area contributed by atoms with E-state index in [2.05, 4.69) is 21.2 Å². The van der Waals surface area contributed by atoms with Crippen LogP contribution in [0.25, 0.3) is 0 Å². The lowest BCUT2D eigenvalue weighted by Gasteiger charge is -2.45. The zero-order valence-electron chi connectivity index (χ0n) is 23.2. The second-order valence-electron chi connectivity index (χ2n) is 11.2. The van der Waals surface area contributed by atoms with Crippen molar-refractivity contribution in [3.8, 4) is 0 Å². The van der Waals surface area contributed by atoms with Gasteiger partial charge in [-0.15, -0.1) is 0 Å². The lowest BCUT2D eigenvalue weighted by Crippen LogP contribution is -2.47. The maximum Gasteiger partial charge on any atom is 0.329 e. The van der Waals surface area contributed by atoms with Crippen molar-refractivity contribution in [3.05, 3.63) is 98.0 Å².